The maximum atomic E-state index is 12.5. The molecule has 156 valence electrons. The zero-order chi connectivity index (χ0) is 21.8. The first-order valence-corrected chi connectivity index (χ1v) is 10.0. The second kappa shape index (κ2) is 8.95. The number of rotatable bonds is 6. The van der Waals surface area contributed by atoms with Gasteiger partial charge in [0.1, 0.15) is 0 Å². The monoisotopic (exact) mass is 404 g/mol. The maximum Gasteiger partial charge on any atom is 0.243 e. The molecule has 0 radical (unpaired) electrons. The third-order valence-corrected chi connectivity index (χ3v) is 5.17. The van der Waals surface area contributed by atoms with Crippen LogP contribution in [0.5, 0.6) is 0 Å². The van der Waals surface area contributed by atoms with Crippen LogP contribution < -0.4 is 10.6 Å². The van der Waals surface area contributed by atoms with Gasteiger partial charge in [-0.3, -0.25) is 9.59 Å². The number of carbonyl (C=O) groups excluding carboxylic acids is 2. The summed E-state index contributed by atoms with van der Waals surface area (Å²) in [5.41, 5.74) is 7.52. The highest BCUT2D eigenvalue weighted by Gasteiger charge is 2.17. The van der Waals surface area contributed by atoms with Crippen LogP contribution in [0.15, 0.2) is 42.5 Å². The van der Waals surface area contributed by atoms with Gasteiger partial charge in [-0.2, -0.15) is 5.10 Å². The average molecular weight is 405 g/mol. The summed E-state index contributed by atoms with van der Waals surface area (Å²) in [4.78, 5) is 24.8. The fourth-order valence-electron chi connectivity index (χ4n) is 3.71. The van der Waals surface area contributed by atoms with Gasteiger partial charge in [-0.25, -0.2) is 4.68 Å². The van der Waals surface area contributed by atoms with Crippen LogP contribution in [0, 0.1) is 34.6 Å². The Morgan fingerprint density at radius 2 is 1.57 bits per heavy atom. The minimum absolute atomic E-state index is 0.0729. The lowest BCUT2D eigenvalue weighted by Gasteiger charge is -2.13. The molecule has 1 aromatic heterocycles. The van der Waals surface area contributed by atoms with Crippen molar-refractivity contribution in [3.05, 3.63) is 76.1 Å². The second-order valence-electron chi connectivity index (χ2n) is 7.67. The molecular weight excluding hydrogens is 376 g/mol. The Morgan fingerprint density at radius 1 is 0.933 bits per heavy atom. The van der Waals surface area contributed by atoms with Gasteiger partial charge in [0, 0.05) is 16.9 Å². The molecule has 0 bridgehead atoms. The van der Waals surface area contributed by atoms with Crippen LogP contribution in [0.2, 0.25) is 0 Å². The van der Waals surface area contributed by atoms with Crippen molar-refractivity contribution in [1.82, 2.24) is 15.1 Å². The molecule has 2 aromatic carbocycles. The molecule has 3 aromatic rings. The molecule has 0 aliphatic heterocycles. The number of anilines is 1. The third-order valence-electron chi connectivity index (χ3n) is 5.17. The van der Waals surface area contributed by atoms with Crippen molar-refractivity contribution >= 4 is 17.5 Å². The first-order valence-electron chi connectivity index (χ1n) is 10.0. The zero-order valence-electron chi connectivity index (χ0n) is 18.2. The minimum atomic E-state index is -0.244. The lowest BCUT2D eigenvalue weighted by atomic mass is 10.1. The highest BCUT2D eigenvalue weighted by atomic mass is 16.2. The molecule has 0 spiro atoms. The van der Waals surface area contributed by atoms with Gasteiger partial charge in [0.25, 0.3) is 0 Å². The Kier molecular flexibility index (Phi) is 6.35. The number of carbonyl (C=O) groups is 2. The molecule has 2 N–H and O–H groups in total. The van der Waals surface area contributed by atoms with E-state index in [2.05, 4.69) is 15.7 Å². The second-order valence-corrected chi connectivity index (χ2v) is 7.67. The van der Waals surface area contributed by atoms with Crippen molar-refractivity contribution in [3.63, 3.8) is 0 Å². The van der Waals surface area contributed by atoms with E-state index >= 15 is 0 Å². The molecule has 0 aliphatic carbocycles. The van der Waals surface area contributed by atoms with Crippen LogP contribution in [0.25, 0.3) is 5.69 Å². The number of nitrogens with zero attached hydrogens (tertiary/aromatic N) is 2. The van der Waals surface area contributed by atoms with Crippen LogP contribution in [0.4, 0.5) is 5.69 Å². The Hall–Kier alpha value is -3.41. The summed E-state index contributed by atoms with van der Waals surface area (Å²) in [6.45, 7) is 9.72. The van der Waals surface area contributed by atoms with Crippen LogP contribution >= 0.6 is 0 Å². The number of nitrogens with one attached hydrogen (secondary N) is 2. The number of para-hydroxylation sites is 1. The first-order chi connectivity index (χ1) is 14.3. The van der Waals surface area contributed by atoms with E-state index in [0.717, 1.165) is 45.0 Å². The molecule has 0 saturated carbocycles. The molecule has 0 fully saturated rings. The number of aromatic nitrogens is 2. The topological polar surface area (TPSA) is 76.0 Å². The largest absolute Gasteiger partial charge is 0.347 e. The van der Waals surface area contributed by atoms with Gasteiger partial charge in [0.2, 0.25) is 11.8 Å². The Balaban J connectivity index is 1.62. The third kappa shape index (κ3) is 4.76. The molecule has 1 heterocycles. The Bertz CT molecular complexity index is 1060. The smallest absolute Gasteiger partial charge is 0.243 e. The van der Waals surface area contributed by atoms with Crippen molar-refractivity contribution in [2.75, 3.05) is 11.9 Å². The van der Waals surface area contributed by atoms with E-state index in [1.54, 1.807) is 0 Å². The summed E-state index contributed by atoms with van der Waals surface area (Å²) < 4.78 is 1.84. The Labute approximate surface area is 177 Å². The summed E-state index contributed by atoms with van der Waals surface area (Å²) in [7, 11) is 0. The SMILES string of the molecule is Cc1cc(C)c(NC(=O)CNC(=O)Cc2c(C)nn(-c3ccccc3)c2C)c(C)c1. The van der Waals surface area contributed by atoms with E-state index < -0.39 is 0 Å². The van der Waals surface area contributed by atoms with Crippen molar-refractivity contribution in [2.45, 2.75) is 41.0 Å². The first kappa shape index (κ1) is 21.3. The molecular formula is C24H28N4O2. The van der Waals surface area contributed by atoms with Crippen molar-refractivity contribution in [2.24, 2.45) is 0 Å². The quantitative estimate of drug-likeness (QED) is 0.658. The molecule has 6 nitrogen and oxygen atoms in total. The number of aryl methyl sites for hydroxylation is 4. The van der Waals surface area contributed by atoms with Gasteiger partial charge in [-0.15, -0.1) is 0 Å². The van der Waals surface area contributed by atoms with Crippen LogP contribution in [0.1, 0.15) is 33.6 Å². The maximum absolute atomic E-state index is 12.5. The molecule has 0 saturated heterocycles. The highest BCUT2D eigenvalue weighted by Crippen LogP contribution is 2.22. The lowest BCUT2D eigenvalue weighted by molar-refractivity contribution is -0.123. The summed E-state index contributed by atoms with van der Waals surface area (Å²) in [6, 6.07) is 13.9. The molecule has 6 heteroatoms. The summed E-state index contributed by atoms with van der Waals surface area (Å²) in [5, 5.41) is 10.2. The van der Waals surface area contributed by atoms with Gasteiger partial charge in [-0.05, 0) is 57.9 Å². The summed E-state index contributed by atoms with van der Waals surface area (Å²) in [6.07, 6.45) is 0.181. The van der Waals surface area contributed by atoms with Gasteiger partial charge < -0.3 is 10.6 Å². The molecule has 2 amide bonds. The molecule has 30 heavy (non-hydrogen) atoms. The predicted molar refractivity (Wildman–Crippen MR) is 119 cm³/mol. The molecule has 3 rings (SSSR count). The van der Waals surface area contributed by atoms with Crippen molar-refractivity contribution in [1.29, 1.82) is 0 Å². The van der Waals surface area contributed by atoms with Crippen LogP contribution in [-0.4, -0.2) is 28.1 Å². The lowest BCUT2D eigenvalue weighted by Crippen LogP contribution is -2.34. The van der Waals surface area contributed by atoms with E-state index in [1.807, 2.05) is 81.8 Å². The predicted octanol–water partition coefficient (Wildman–Crippen LogP) is 3.71. The molecule has 0 aliphatic rings. The van der Waals surface area contributed by atoms with E-state index in [-0.39, 0.29) is 24.8 Å². The number of hydrogen-bond donors (Lipinski definition) is 2. The number of hydrogen-bond acceptors (Lipinski definition) is 3. The fraction of sp³-hybridized carbons (Fsp3) is 0.292. The zero-order valence-corrected chi connectivity index (χ0v) is 18.2. The van der Waals surface area contributed by atoms with Crippen molar-refractivity contribution < 1.29 is 9.59 Å². The van der Waals surface area contributed by atoms with Crippen LogP contribution in [0.3, 0.4) is 0 Å². The van der Waals surface area contributed by atoms with E-state index in [0.29, 0.717) is 0 Å². The van der Waals surface area contributed by atoms with Gasteiger partial charge in [0.05, 0.1) is 24.3 Å². The van der Waals surface area contributed by atoms with Gasteiger partial charge in [0.15, 0.2) is 0 Å². The standard InChI is InChI=1S/C24H28N4O2/c1-15-11-16(2)24(17(3)12-15)26-23(30)14-25-22(29)13-21-18(4)27-28(19(21)5)20-9-7-6-8-10-20/h6-12H,13-14H2,1-5H3,(H,25,29)(H,26,30). The van der Waals surface area contributed by atoms with E-state index in [4.69, 9.17) is 0 Å². The van der Waals surface area contributed by atoms with E-state index in [9.17, 15) is 9.59 Å². The molecule has 0 atom stereocenters. The van der Waals surface area contributed by atoms with E-state index in [1.165, 1.54) is 0 Å². The van der Waals surface area contributed by atoms with Crippen molar-refractivity contribution in [3.8, 4) is 5.69 Å². The fourth-order valence-corrected chi connectivity index (χ4v) is 3.71. The van der Waals surface area contributed by atoms with Crippen LogP contribution in [-0.2, 0) is 16.0 Å². The normalized spacial score (nSPS) is 10.7. The minimum Gasteiger partial charge on any atom is -0.347 e. The van der Waals surface area contributed by atoms with Gasteiger partial charge >= 0.3 is 0 Å². The molecule has 0 unspecified atom stereocenters. The Morgan fingerprint density at radius 3 is 2.20 bits per heavy atom. The number of benzene rings is 2. The summed E-state index contributed by atoms with van der Waals surface area (Å²) >= 11 is 0. The summed E-state index contributed by atoms with van der Waals surface area (Å²) in [5.74, 6) is -0.451. The highest BCUT2D eigenvalue weighted by molar-refractivity contribution is 5.96. The van der Waals surface area contributed by atoms with Gasteiger partial charge in [-0.1, -0.05) is 35.9 Å². The number of amides is 2. The average Bonchev–Trinajstić information content (AvgIpc) is 2.98.